The highest BCUT2D eigenvalue weighted by molar-refractivity contribution is 4.95. The molecule has 0 aromatic carbocycles. The van der Waals surface area contributed by atoms with Gasteiger partial charge >= 0.3 is 0 Å². The quantitative estimate of drug-likeness (QED) is 0.781. The average molecular weight is 244 g/mol. The van der Waals surface area contributed by atoms with Crippen molar-refractivity contribution in [3.8, 4) is 0 Å². The van der Waals surface area contributed by atoms with E-state index in [9.17, 15) is 0 Å². The molecule has 1 spiro atoms. The van der Waals surface area contributed by atoms with Gasteiger partial charge in [0, 0.05) is 19.6 Å². The van der Waals surface area contributed by atoms with Crippen LogP contribution in [0.15, 0.2) is 0 Å². The number of hydrogen-bond donors (Lipinski definition) is 2. The molecule has 0 aliphatic carbocycles. The molecule has 0 amide bonds. The normalized spacial score (nSPS) is 21.7. The van der Waals surface area contributed by atoms with Crippen molar-refractivity contribution in [2.24, 2.45) is 5.41 Å². The van der Waals surface area contributed by atoms with Crippen molar-refractivity contribution in [1.82, 2.24) is 10.2 Å². The van der Waals surface area contributed by atoms with Gasteiger partial charge in [0.1, 0.15) is 0 Å². The molecule has 0 atom stereocenters. The van der Waals surface area contributed by atoms with E-state index in [0.717, 1.165) is 6.54 Å². The molecule has 0 aromatic heterocycles. The topological polar surface area (TPSA) is 35.5 Å². The first kappa shape index (κ1) is 16.9. The Balaban J connectivity index is 0.000000450. The second kappa shape index (κ2) is 9.86. The predicted molar refractivity (Wildman–Crippen MR) is 75.4 cm³/mol. The van der Waals surface area contributed by atoms with E-state index in [4.69, 9.17) is 5.11 Å². The molecule has 3 heteroatoms. The van der Waals surface area contributed by atoms with Gasteiger partial charge in [-0.15, -0.1) is 0 Å². The van der Waals surface area contributed by atoms with Crippen LogP contribution in [0.3, 0.4) is 0 Å². The third kappa shape index (κ3) is 5.84. The molecule has 2 heterocycles. The molecule has 17 heavy (non-hydrogen) atoms. The van der Waals surface area contributed by atoms with Gasteiger partial charge in [0.2, 0.25) is 0 Å². The van der Waals surface area contributed by atoms with Crippen LogP contribution in [-0.2, 0) is 0 Å². The first-order chi connectivity index (χ1) is 8.26. The van der Waals surface area contributed by atoms with E-state index >= 15 is 0 Å². The minimum atomic E-state index is 0.311. The SMILES string of the molecule is CC.CCC.OCCN1CCC2(CC1)CNC2. The van der Waals surface area contributed by atoms with Gasteiger partial charge in [-0.05, 0) is 31.3 Å². The van der Waals surface area contributed by atoms with Crippen LogP contribution in [0, 0.1) is 5.41 Å². The molecule has 0 radical (unpaired) electrons. The van der Waals surface area contributed by atoms with Crippen molar-refractivity contribution in [2.45, 2.75) is 47.0 Å². The second-order valence-electron chi connectivity index (χ2n) is 4.88. The predicted octanol–water partition coefficient (Wildman–Crippen LogP) is 2.11. The summed E-state index contributed by atoms with van der Waals surface area (Å²) < 4.78 is 0. The Morgan fingerprint density at radius 2 is 1.59 bits per heavy atom. The molecule has 2 aliphatic heterocycles. The Morgan fingerprint density at radius 1 is 1.12 bits per heavy atom. The highest BCUT2D eigenvalue weighted by Gasteiger charge is 2.39. The van der Waals surface area contributed by atoms with Crippen molar-refractivity contribution in [3.05, 3.63) is 0 Å². The summed E-state index contributed by atoms with van der Waals surface area (Å²) in [5.74, 6) is 0. The lowest BCUT2D eigenvalue weighted by molar-refractivity contribution is 0.0477. The molecule has 104 valence electrons. The Hall–Kier alpha value is -0.120. The van der Waals surface area contributed by atoms with Gasteiger partial charge in [-0.2, -0.15) is 0 Å². The summed E-state index contributed by atoms with van der Waals surface area (Å²) in [5, 5.41) is 12.1. The van der Waals surface area contributed by atoms with Crippen LogP contribution < -0.4 is 5.32 Å². The number of rotatable bonds is 2. The molecular weight excluding hydrogens is 212 g/mol. The summed E-state index contributed by atoms with van der Waals surface area (Å²) in [7, 11) is 0. The van der Waals surface area contributed by atoms with E-state index < -0.39 is 0 Å². The maximum absolute atomic E-state index is 8.77. The van der Waals surface area contributed by atoms with Crippen molar-refractivity contribution >= 4 is 0 Å². The van der Waals surface area contributed by atoms with Gasteiger partial charge in [0.25, 0.3) is 0 Å². The first-order valence-electron chi connectivity index (χ1n) is 7.30. The van der Waals surface area contributed by atoms with Gasteiger partial charge < -0.3 is 15.3 Å². The van der Waals surface area contributed by atoms with Crippen molar-refractivity contribution < 1.29 is 5.11 Å². The number of likely N-dealkylation sites (tertiary alicyclic amines) is 1. The Labute approximate surface area is 108 Å². The first-order valence-corrected chi connectivity index (χ1v) is 7.30. The Kier molecular flexibility index (Phi) is 9.79. The molecule has 2 aliphatic rings. The molecule has 0 saturated carbocycles. The monoisotopic (exact) mass is 244 g/mol. The van der Waals surface area contributed by atoms with Gasteiger partial charge in [0.15, 0.2) is 0 Å². The summed E-state index contributed by atoms with van der Waals surface area (Å²) in [4.78, 5) is 2.36. The molecule has 3 nitrogen and oxygen atoms in total. The van der Waals surface area contributed by atoms with E-state index in [0.29, 0.717) is 12.0 Å². The zero-order chi connectivity index (χ0) is 13.1. The number of hydrogen-bond acceptors (Lipinski definition) is 3. The summed E-state index contributed by atoms with van der Waals surface area (Å²) in [6.45, 7) is 14.2. The maximum Gasteiger partial charge on any atom is 0.0558 e. The number of aliphatic hydroxyl groups is 1. The number of β-amino-alcohol motifs (C(OH)–C–C–N with tert-alkyl or cyclic N) is 1. The summed E-state index contributed by atoms with van der Waals surface area (Å²) in [5.41, 5.74) is 0.645. The van der Waals surface area contributed by atoms with Gasteiger partial charge in [-0.1, -0.05) is 34.1 Å². The average Bonchev–Trinajstić information content (AvgIpc) is 2.32. The minimum Gasteiger partial charge on any atom is -0.395 e. The van der Waals surface area contributed by atoms with Crippen molar-refractivity contribution in [1.29, 1.82) is 0 Å². The van der Waals surface area contributed by atoms with Gasteiger partial charge in [-0.25, -0.2) is 0 Å². The minimum absolute atomic E-state index is 0.311. The maximum atomic E-state index is 8.77. The highest BCUT2D eigenvalue weighted by Crippen LogP contribution is 2.34. The van der Waals surface area contributed by atoms with Crippen molar-refractivity contribution in [2.75, 3.05) is 39.3 Å². The van der Waals surface area contributed by atoms with Crippen LogP contribution in [0.2, 0.25) is 0 Å². The zero-order valence-electron chi connectivity index (χ0n) is 12.3. The molecule has 2 rings (SSSR count). The molecular formula is C14H32N2O. The van der Waals surface area contributed by atoms with Crippen LogP contribution in [0.1, 0.15) is 47.0 Å². The smallest absolute Gasteiger partial charge is 0.0558 e. The fourth-order valence-corrected chi connectivity index (χ4v) is 2.22. The van der Waals surface area contributed by atoms with E-state index in [1.54, 1.807) is 0 Å². The number of nitrogens with zero attached hydrogens (tertiary/aromatic N) is 1. The third-order valence-electron chi connectivity index (χ3n) is 3.33. The molecule has 2 N–H and O–H groups in total. The summed E-state index contributed by atoms with van der Waals surface area (Å²) in [6.07, 6.45) is 3.89. The van der Waals surface area contributed by atoms with Crippen LogP contribution in [-0.4, -0.2) is 49.3 Å². The van der Waals surface area contributed by atoms with Crippen LogP contribution in [0.25, 0.3) is 0 Å². The third-order valence-corrected chi connectivity index (χ3v) is 3.33. The molecule has 2 saturated heterocycles. The number of nitrogens with one attached hydrogen (secondary N) is 1. The molecule has 0 bridgehead atoms. The van der Waals surface area contributed by atoms with Crippen molar-refractivity contribution in [3.63, 3.8) is 0 Å². The van der Waals surface area contributed by atoms with E-state index in [-0.39, 0.29) is 0 Å². The van der Waals surface area contributed by atoms with Crippen LogP contribution in [0.4, 0.5) is 0 Å². The molecule has 2 fully saturated rings. The summed E-state index contributed by atoms with van der Waals surface area (Å²) in [6, 6.07) is 0. The fourth-order valence-electron chi connectivity index (χ4n) is 2.22. The lowest BCUT2D eigenvalue weighted by atomic mass is 9.73. The lowest BCUT2D eigenvalue weighted by Crippen LogP contribution is -2.58. The second-order valence-corrected chi connectivity index (χ2v) is 4.88. The Bertz CT molecular complexity index is 160. The number of aliphatic hydroxyl groups excluding tert-OH is 1. The highest BCUT2D eigenvalue weighted by atomic mass is 16.3. The lowest BCUT2D eigenvalue weighted by Gasteiger charge is -2.48. The van der Waals surface area contributed by atoms with Gasteiger partial charge in [-0.3, -0.25) is 0 Å². The van der Waals surface area contributed by atoms with E-state index in [1.807, 2.05) is 13.8 Å². The van der Waals surface area contributed by atoms with Gasteiger partial charge in [0.05, 0.1) is 6.61 Å². The van der Waals surface area contributed by atoms with E-state index in [2.05, 4.69) is 24.1 Å². The molecule has 0 aromatic rings. The Morgan fingerprint density at radius 3 is 1.88 bits per heavy atom. The van der Waals surface area contributed by atoms with E-state index in [1.165, 1.54) is 45.4 Å². The summed E-state index contributed by atoms with van der Waals surface area (Å²) >= 11 is 0. The number of piperidine rings is 1. The largest absolute Gasteiger partial charge is 0.395 e. The van der Waals surface area contributed by atoms with Crippen LogP contribution >= 0.6 is 0 Å². The molecule has 0 unspecified atom stereocenters. The zero-order valence-corrected chi connectivity index (χ0v) is 12.3. The van der Waals surface area contributed by atoms with Crippen LogP contribution in [0.5, 0.6) is 0 Å². The standard InChI is InChI=1S/C9H18N2O.C3H8.C2H6/c12-6-5-11-3-1-9(2-4-11)7-10-8-9;1-3-2;1-2/h10,12H,1-8H2;3H2,1-2H3;1-2H3. The fraction of sp³-hybridized carbons (Fsp3) is 1.00.